The summed E-state index contributed by atoms with van der Waals surface area (Å²) in [5, 5.41) is 19.0. The molecule has 3 nitrogen and oxygen atoms in total. The molecule has 1 unspecified atom stereocenters. The Morgan fingerprint density at radius 3 is 2.50 bits per heavy atom. The van der Waals surface area contributed by atoms with Crippen molar-refractivity contribution in [3.8, 4) is 6.07 Å². The highest BCUT2D eigenvalue weighted by molar-refractivity contribution is 5.00. The van der Waals surface area contributed by atoms with E-state index in [0.717, 1.165) is 17.9 Å². The molecule has 1 heterocycles. The normalized spacial score (nSPS) is 32.0. The minimum Gasteiger partial charge on any atom is -0.312 e. The van der Waals surface area contributed by atoms with Crippen LogP contribution in [0.5, 0.6) is 0 Å². The fraction of sp³-hybridized carbons (Fsp3) is 0.857. The van der Waals surface area contributed by atoms with E-state index in [-0.39, 0.29) is 11.6 Å². The summed E-state index contributed by atoms with van der Waals surface area (Å²) in [5.41, 5.74) is -0.208. The molecular formula is C7H12N2O. The molecule has 0 bridgehead atoms. The van der Waals surface area contributed by atoms with Crippen LogP contribution in [0.25, 0.3) is 0 Å². The maximum Gasteiger partial charge on any atom is 0.122 e. The largest absolute Gasteiger partial charge is 0.312 e. The van der Waals surface area contributed by atoms with Gasteiger partial charge in [0.15, 0.2) is 0 Å². The number of nitriles is 1. The highest BCUT2D eigenvalue weighted by Gasteiger charge is 2.38. The molecule has 0 aromatic rings. The summed E-state index contributed by atoms with van der Waals surface area (Å²) in [5.74, 6) is 0. The third-order valence-electron chi connectivity index (χ3n) is 2.09. The first-order chi connectivity index (χ1) is 4.58. The van der Waals surface area contributed by atoms with Crippen LogP contribution in [0.4, 0.5) is 0 Å². The van der Waals surface area contributed by atoms with Crippen molar-refractivity contribution in [3.05, 3.63) is 0 Å². The summed E-state index contributed by atoms with van der Waals surface area (Å²) >= 11 is 0. The molecule has 1 rings (SSSR count). The molecule has 0 aliphatic carbocycles. The summed E-state index contributed by atoms with van der Waals surface area (Å²) in [6.07, 6.45) is 1.67. The Kier molecular flexibility index (Phi) is 1.67. The van der Waals surface area contributed by atoms with Gasteiger partial charge in [-0.15, -0.1) is 0 Å². The number of nitrogens with zero attached hydrogens (tertiary/aromatic N) is 2. The second-order valence-corrected chi connectivity index (χ2v) is 3.34. The second kappa shape index (κ2) is 2.22. The minimum atomic E-state index is -0.296. The predicted molar refractivity (Wildman–Crippen MR) is 36.3 cm³/mol. The molecule has 56 valence electrons. The lowest BCUT2D eigenvalue weighted by atomic mass is 10.0. The number of hydrogen-bond donors (Lipinski definition) is 1. The number of hydrogen-bond acceptors (Lipinski definition) is 3. The molecule has 10 heavy (non-hydrogen) atoms. The first-order valence-electron chi connectivity index (χ1n) is 3.46. The minimum absolute atomic E-state index is 0.208. The summed E-state index contributed by atoms with van der Waals surface area (Å²) in [6, 6.07) is 1.75. The van der Waals surface area contributed by atoms with Crippen LogP contribution in [-0.4, -0.2) is 21.9 Å². The maximum atomic E-state index is 9.33. The molecule has 1 aliphatic heterocycles. The molecule has 1 saturated heterocycles. The van der Waals surface area contributed by atoms with Crippen molar-refractivity contribution < 1.29 is 5.21 Å². The Morgan fingerprint density at radius 1 is 1.70 bits per heavy atom. The standard InChI is InChI=1S/C7H12N2O/c1-7(2)4-3-6(5-8)9(7)10/h6,10H,3-4H2,1-2H3. The molecule has 1 N–H and O–H groups in total. The van der Waals surface area contributed by atoms with E-state index in [2.05, 4.69) is 0 Å². The Balaban J connectivity index is 2.69. The maximum absolute atomic E-state index is 9.33. The fourth-order valence-corrected chi connectivity index (χ4v) is 1.27. The van der Waals surface area contributed by atoms with Crippen molar-refractivity contribution in [2.45, 2.75) is 38.3 Å². The summed E-state index contributed by atoms with van der Waals surface area (Å²) < 4.78 is 0. The number of rotatable bonds is 0. The van der Waals surface area contributed by atoms with Crippen molar-refractivity contribution in [1.29, 1.82) is 5.26 Å². The highest BCUT2D eigenvalue weighted by atomic mass is 16.5. The van der Waals surface area contributed by atoms with E-state index in [1.54, 1.807) is 0 Å². The Hall–Kier alpha value is -0.590. The van der Waals surface area contributed by atoms with E-state index in [4.69, 9.17) is 5.26 Å². The Labute approximate surface area is 60.8 Å². The zero-order valence-electron chi connectivity index (χ0n) is 6.33. The second-order valence-electron chi connectivity index (χ2n) is 3.34. The van der Waals surface area contributed by atoms with Gasteiger partial charge in [0, 0.05) is 5.54 Å². The van der Waals surface area contributed by atoms with Crippen LogP contribution in [0.3, 0.4) is 0 Å². The zero-order valence-corrected chi connectivity index (χ0v) is 6.33. The van der Waals surface area contributed by atoms with E-state index in [0.29, 0.717) is 0 Å². The van der Waals surface area contributed by atoms with Crippen LogP contribution in [-0.2, 0) is 0 Å². The van der Waals surface area contributed by atoms with Gasteiger partial charge in [-0.3, -0.25) is 0 Å². The van der Waals surface area contributed by atoms with Crippen molar-refractivity contribution in [2.24, 2.45) is 0 Å². The first-order valence-corrected chi connectivity index (χ1v) is 3.46. The van der Waals surface area contributed by atoms with Crippen LogP contribution < -0.4 is 0 Å². The molecule has 0 aromatic heterocycles. The van der Waals surface area contributed by atoms with Crippen LogP contribution >= 0.6 is 0 Å². The predicted octanol–water partition coefficient (Wildman–Crippen LogP) is 1.14. The number of hydroxylamine groups is 2. The van der Waals surface area contributed by atoms with E-state index in [9.17, 15) is 5.21 Å². The average molecular weight is 140 g/mol. The molecule has 0 aromatic carbocycles. The molecule has 0 spiro atoms. The first kappa shape index (κ1) is 7.52. The third kappa shape index (κ3) is 1.00. The molecule has 0 saturated carbocycles. The molecule has 1 aliphatic rings. The molecule has 0 radical (unpaired) electrons. The van der Waals surface area contributed by atoms with Gasteiger partial charge < -0.3 is 5.21 Å². The fourth-order valence-electron chi connectivity index (χ4n) is 1.27. The highest BCUT2D eigenvalue weighted by Crippen LogP contribution is 2.30. The van der Waals surface area contributed by atoms with Crippen LogP contribution in [0, 0.1) is 11.3 Å². The van der Waals surface area contributed by atoms with Gasteiger partial charge in [0.2, 0.25) is 0 Å². The van der Waals surface area contributed by atoms with E-state index in [1.807, 2.05) is 19.9 Å². The zero-order chi connectivity index (χ0) is 7.78. The smallest absolute Gasteiger partial charge is 0.122 e. The van der Waals surface area contributed by atoms with Crippen LogP contribution in [0.2, 0.25) is 0 Å². The summed E-state index contributed by atoms with van der Waals surface area (Å²) in [6.45, 7) is 3.87. The molecular weight excluding hydrogens is 128 g/mol. The van der Waals surface area contributed by atoms with Crippen LogP contribution in [0.1, 0.15) is 26.7 Å². The van der Waals surface area contributed by atoms with Crippen molar-refractivity contribution in [1.82, 2.24) is 5.06 Å². The molecule has 1 atom stereocenters. The van der Waals surface area contributed by atoms with E-state index in [1.165, 1.54) is 0 Å². The topological polar surface area (TPSA) is 47.3 Å². The van der Waals surface area contributed by atoms with Gasteiger partial charge in [-0.25, -0.2) is 0 Å². The van der Waals surface area contributed by atoms with Gasteiger partial charge in [-0.1, -0.05) is 0 Å². The van der Waals surface area contributed by atoms with Gasteiger partial charge in [-0.05, 0) is 26.7 Å². The monoisotopic (exact) mass is 140 g/mol. The lowest BCUT2D eigenvalue weighted by molar-refractivity contribution is -0.151. The van der Waals surface area contributed by atoms with Crippen molar-refractivity contribution >= 4 is 0 Å². The van der Waals surface area contributed by atoms with Gasteiger partial charge >= 0.3 is 0 Å². The van der Waals surface area contributed by atoms with Gasteiger partial charge in [0.05, 0.1) is 6.07 Å². The van der Waals surface area contributed by atoms with Crippen molar-refractivity contribution in [3.63, 3.8) is 0 Å². The third-order valence-corrected chi connectivity index (χ3v) is 2.09. The van der Waals surface area contributed by atoms with Crippen LogP contribution in [0.15, 0.2) is 0 Å². The average Bonchev–Trinajstić information content (AvgIpc) is 2.10. The molecule has 1 fully saturated rings. The van der Waals surface area contributed by atoms with Gasteiger partial charge in [0.1, 0.15) is 6.04 Å². The van der Waals surface area contributed by atoms with E-state index >= 15 is 0 Å². The Bertz CT molecular complexity index is 171. The lowest BCUT2D eigenvalue weighted by Crippen LogP contribution is -2.39. The van der Waals surface area contributed by atoms with Crippen molar-refractivity contribution in [2.75, 3.05) is 0 Å². The van der Waals surface area contributed by atoms with Gasteiger partial charge in [0.25, 0.3) is 0 Å². The summed E-state index contributed by atoms with van der Waals surface area (Å²) in [7, 11) is 0. The van der Waals surface area contributed by atoms with Gasteiger partial charge in [-0.2, -0.15) is 10.3 Å². The quantitative estimate of drug-likeness (QED) is 0.549. The van der Waals surface area contributed by atoms with E-state index < -0.39 is 0 Å². The SMILES string of the molecule is CC1(C)CCC(C#N)N1O. The summed E-state index contributed by atoms with van der Waals surface area (Å²) in [4.78, 5) is 0. The molecule has 0 amide bonds. The molecule has 3 heteroatoms. The Morgan fingerprint density at radius 2 is 2.30 bits per heavy atom. The lowest BCUT2D eigenvalue weighted by Gasteiger charge is -2.26.